The van der Waals surface area contributed by atoms with Crippen molar-refractivity contribution < 1.29 is 19.1 Å². The zero-order chi connectivity index (χ0) is 24.6. The van der Waals surface area contributed by atoms with Crippen molar-refractivity contribution in [2.75, 3.05) is 6.61 Å². The first-order valence-corrected chi connectivity index (χ1v) is 13.3. The summed E-state index contributed by atoms with van der Waals surface area (Å²) in [6.07, 6.45) is 7.49. The molecule has 1 aliphatic carbocycles. The van der Waals surface area contributed by atoms with E-state index in [9.17, 15) is 14.4 Å². The predicted molar refractivity (Wildman–Crippen MR) is 134 cm³/mol. The molecule has 2 fully saturated rings. The molecule has 1 saturated heterocycles. The highest BCUT2D eigenvalue weighted by atomic mass is 16.5. The smallest absolute Gasteiger partial charge is 0.255 e. The number of amides is 3. The van der Waals surface area contributed by atoms with Gasteiger partial charge in [-0.15, -0.1) is 0 Å². The number of carbonyl (C=O) groups is 3. The van der Waals surface area contributed by atoms with E-state index in [2.05, 4.69) is 41.0 Å². The van der Waals surface area contributed by atoms with Crippen LogP contribution in [0.1, 0.15) is 78.0 Å². The summed E-state index contributed by atoms with van der Waals surface area (Å²) in [5, 5.41) is 6.37. The Hall–Kier alpha value is -3.19. The van der Waals surface area contributed by atoms with Crippen LogP contribution in [0.2, 0.25) is 0 Å². The molecule has 3 heterocycles. The SMILES string of the molecule is O=C1CCC(N2Cc3cc(C[C@H]4CCCCC4NC4CCOc5ccccc54)ccc3C2=O)C(=O)N1. The first-order valence-electron chi connectivity index (χ1n) is 13.3. The minimum Gasteiger partial charge on any atom is -0.493 e. The zero-order valence-corrected chi connectivity index (χ0v) is 20.5. The molecule has 188 valence electrons. The van der Waals surface area contributed by atoms with Gasteiger partial charge in [0, 0.05) is 42.6 Å². The summed E-state index contributed by atoms with van der Waals surface area (Å²) >= 11 is 0. The lowest BCUT2D eigenvalue weighted by Gasteiger charge is -2.37. The molecule has 3 aliphatic heterocycles. The van der Waals surface area contributed by atoms with Crippen molar-refractivity contribution in [3.05, 3.63) is 64.7 Å². The van der Waals surface area contributed by atoms with E-state index >= 15 is 0 Å². The molecule has 3 amide bonds. The van der Waals surface area contributed by atoms with Gasteiger partial charge in [0.2, 0.25) is 11.8 Å². The lowest BCUT2D eigenvalue weighted by atomic mass is 9.79. The number of para-hydroxylation sites is 1. The number of carbonyl (C=O) groups excluding carboxylic acids is 3. The maximum atomic E-state index is 13.0. The van der Waals surface area contributed by atoms with Gasteiger partial charge in [-0.1, -0.05) is 43.2 Å². The fourth-order valence-electron chi connectivity index (χ4n) is 6.50. The molecule has 4 atom stereocenters. The Morgan fingerprint density at radius 2 is 1.86 bits per heavy atom. The number of nitrogens with zero attached hydrogens (tertiary/aromatic N) is 1. The van der Waals surface area contributed by atoms with Crippen molar-refractivity contribution >= 4 is 17.7 Å². The average molecular weight is 488 g/mol. The van der Waals surface area contributed by atoms with Gasteiger partial charge in [0.1, 0.15) is 11.8 Å². The number of hydrogen-bond acceptors (Lipinski definition) is 5. The number of benzene rings is 2. The van der Waals surface area contributed by atoms with Crippen LogP contribution >= 0.6 is 0 Å². The van der Waals surface area contributed by atoms with E-state index in [1.807, 2.05) is 12.1 Å². The maximum Gasteiger partial charge on any atom is 0.255 e. The van der Waals surface area contributed by atoms with Gasteiger partial charge in [-0.25, -0.2) is 0 Å². The minimum absolute atomic E-state index is 0.110. The van der Waals surface area contributed by atoms with Crippen LogP contribution in [0, 0.1) is 5.92 Å². The standard InChI is InChI=1S/C29H33N3O4/c33-27-12-11-25(28(34)31-27)32-17-20-16-18(9-10-21(20)29(32)35)15-19-5-1-3-7-23(19)30-24-13-14-36-26-8-4-2-6-22(24)26/h2,4,6,8-10,16,19,23-25,30H,1,3,5,7,11-15,17H2,(H,31,33,34)/t19-,23?,24?,25?/m1/s1. The maximum absolute atomic E-state index is 13.0. The summed E-state index contributed by atoms with van der Waals surface area (Å²) in [5.74, 6) is 0.801. The third-order valence-corrected chi connectivity index (χ3v) is 8.37. The topological polar surface area (TPSA) is 87.7 Å². The van der Waals surface area contributed by atoms with Crippen LogP contribution in [0.15, 0.2) is 42.5 Å². The number of fused-ring (bicyclic) bond motifs is 2. The molecule has 6 rings (SSSR count). The Kier molecular flexibility index (Phi) is 6.25. The Labute approximate surface area is 211 Å². The average Bonchev–Trinajstić information content (AvgIpc) is 3.21. The minimum atomic E-state index is -0.569. The molecule has 0 spiro atoms. The van der Waals surface area contributed by atoms with Crippen LogP contribution in [0.4, 0.5) is 0 Å². The Bertz CT molecular complexity index is 1190. The molecule has 7 heteroatoms. The number of ether oxygens (including phenoxy) is 1. The highest BCUT2D eigenvalue weighted by Gasteiger charge is 2.39. The highest BCUT2D eigenvalue weighted by molar-refractivity contribution is 6.05. The summed E-state index contributed by atoms with van der Waals surface area (Å²) in [6, 6.07) is 14.7. The normalized spacial score (nSPS) is 27.8. The molecule has 0 aromatic heterocycles. The van der Waals surface area contributed by atoms with Gasteiger partial charge >= 0.3 is 0 Å². The summed E-state index contributed by atoms with van der Waals surface area (Å²) in [7, 11) is 0. The van der Waals surface area contributed by atoms with Crippen molar-refractivity contribution in [2.24, 2.45) is 5.92 Å². The highest BCUT2D eigenvalue weighted by Crippen LogP contribution is 2.36. The quantitative estimate of drug-likeness (QED) is 0.629. The Morgan fingerprint density at radius 3 is 2.75 bits per heavy atom. The summed E-state index contributed by atoms with van der Waals surface area (Å²) < 4.78 is 5.87. The molecule has 0 radical (unpaired) electrons. The third kappa shape index (κ3) is 4.41. The number of piperidine rings is 1. The van der Waals surface area contributed by atoms with Crippen molar-refractivity contribution in [3.8, 4) is 5.75 Å². The number of hydrogen-bond donors (Lipinski definition) is 2. The van der Waals surface area contributed by atoms with Crippen LogP contribution in [0.5, 0.6) is 5.75 Å². The second kappa shape index (κ2) is 9.69. The first kappa shape index (κ1) is 23.2. The molecule has 7 nitrogen and oxygen atoms in total. The van der Waals surface area contributed by atoms with Crippen molar-refractivity contribution in [3.63, 3.8) is 0 Å². The van der Waals surface area contributed by atoms with Crippen LogP contribution in [-0.4, -0.2) is 41.3 Å². The van der Waals surface area contributed by atoms with E-state index in [-0.39, 0.29) is 24.1 Å². The Morgan fingerprint density at radius 1 is 1.00 bits per heavy atom. The van der Waals surface area contributed by atoms with Gasteiger partial charge in [-0.3, -0.25) is 19.7 Å². The molecular weight excluding hydrogens is 454 g/mol. The summed E-state index contributed by atoms with van der Waals surface area (Å²) in [4.78, 5) is 38.6. The molecule has 2 N–H and O–H groups in total. The first-order chi connectivity index (χ1) is 17.6. The molecule has 0 bridgehead atoms. The second-order valence-corrected chi connectivity index (χ2v) is 10.6. The van der Waals surface area contributed by atoms with E-state index in [4.69, 9.17) is 4.74 Å². The molecule has 3 unspecified atom stereocenters. The lowest BCUT2D eigenvalue weighted by molar-refractivity contribution is -0.136. The number of nitrogens with one attached hydrogen (secondary N) is 2. The van der Waals surface area contributed by atoms with Crippen molar-refractivity contribution in [1.29, 1.82) is 0 Å². The van der Waals surface area contributed by atoms with Gasteiger partial charge in [0.15, 0.2) is 0 Å². The Balaban J connectivity index is 1.15. The van der Waals surface area contributed by atoms with Gasteiger partial charge in [-0.05, 0) is 54.9 Å². The molecule has 2 aromatic carbocycles. The molecule has 2 aromatic rings. The molecular formula is C29H33N3O4. The fourth-order valence-corrected chi connectivity index (χ4v) is 6.50. The predicted octanol–water partition coefficient (Wildman–Crippen LogP) is 3.66. The third-order valence-electron chi connectivity index (χ3n) is 8.37. The fraction of sp³-hybridized carbons (Fsp3) is 0.483. The van der Waals surface area contributed by atoms with E-state index in [1.54, 1.807) is 4.90 Å². The monoisotopic (exact) mass is 487 g/mol. The van der Waals surface area contributed by atoms with Gasteiger partial charge < -0.3 is 15.0 Å². The van der Waals surface area contributed by atoms with Crippen molar-refractivity contribution in [2.45, 2.75) is 76.0 Å². The van der Waals surface area contributed by atoms with Gasteiger partial charge in [-0.2, -0.15) is 0 Å². The number of rotatable bonds is 5. The van der Waals surface area contributed by atoms with Gasteiger partial charge in [0.05, 0.1) is 6.61 Å². The van der Waals surface area contributed by atoms with Crippen LogP contribution in [0.3, 0.4) is 0 Å². The van der Waals surface area contributed by atoms with Crippen LogP contribution < -0.4 is 15.4 Å². The van der Waals surface area contributed by atoms with E-state index in [0.717, 1.165) is 30.8 Å². The molecule has 36 heavy (non-hydrogen) atoms. The zero-order valence-electron chi connectivity index (χ0n) is 20.5. The van der Waals surface area contributed by atoms with Crippen LogP contribution in [-0.2, 0) is 22.6 Å². The van der Waals surface area contributed by atoms with Crippen LogP contribution in [0.25, 0.3) is 0 Å². The largest absolute Gasteiger partial charge is 0.493 e. The lowest BCUT2D eigenvalue weighted by Crippen LogP contribution is -2.52. The van der Waals surface area contributed by atoms with Crippen molar-refractivity contribution in [1.82, 2.24) is 15.5 Å². The van der Waals surface area contributed by atoms with E-state index in [1.165, 1.54) is 36.8 Å². The summed E-state index contributed by atoms with van der Waals surface area (Å²) in [6.45, 7) is 1.17. The summed E-state index contributed by atoms with van der Waals surface area (Å²) in [5.41, 5.74) is 4.18. The molecule has 4 aliphatic rings. The van der Waals surface area contributed by atoms with E-state index < -0.39 is 6.04 Å². The second-order valence-electron chi connectivity index (χ2n) is 10.6. The van der Waals surface area contributed by atoms with E-state index in [0.29, 0.717) is 36.5 Å². The molecule has 1 saturated carbocycles. The van der Waals surface area contributed by atoms with Gasteiger partial charge in [0.25, 0.3) is 5.91 Å². The number of imide groups is 1.